The molecule has 0 fully saturated rings. The van der Waals surface area contributed by atoms with Gasteiger partial charge in [-0.2, -0.15) is 5.21 Å². The minimum absolute atomic E-state index is 0.0616. The van der Waals surface area contributed by atoms with Crippen LogP contribution in [0.15, 0.2) is 66.0 Å². The van der Waals surface area contributed by atoms with E-state index in [1.165, 1.54) is 0 Å². The Morgan fingerprint density at radius 2 is 1.82 bits per heavy atom. The molecule has 0 radical (unpaired) electrons. The molecule has 0 bridgehead atoms. The highest BCUT2D eigenvalue weighted by Gasteiger charge is 2.21. The number of hydrogen-bond acceptors (Lipinski definition) is 6. The van der Waals surface area contributed by atoms with Gasteiger partial charge in [-0.1, -0.05) is 44.5 Å². The SMILES string of the molecule is CCCCc1cn(-c2c(C(C)=O)ccn2CCC)c(=O)n1Cc1cnccc1-c1ccc(-c2nn[nH]n2)cc1. The van der Waals surface area contributed by atoms with Crippen LogP contribution < -0.4 is 5.69 Å². The summed E-state index contributed by atoms with van der Waals surface area (Å²) >= 11 is 0. The van der Waals surface area contributed by atoms with Crippen molar-refractivity contribution >= 4 is 5.78 Å². The Labute approximate surface area is 226 Å². The van der Waals surface area contributed by atoms with Gasteiger partial charge in [0.1, 0.15) is 5.82 Å². The maximum absolute atomic E-state index is 14.0. The minimum atomic E-state index is -0.165. The highest BCUT2D eigenvalue weighted by Crippen LogP contribution is 2.27. The van der Waals surface area contributed by atoms with E-state index in [2.05, 4.69) is 39.5 Å². The number of carbonyl (C=O) groups is 1. The zero-order valence-electron chi connectivity index (χ0n) is 22.5. The molecule has 0 aliphatic rings. The van der Waals surface area contributed by atoms with Crippen LogP contribution in [0.4, 0.5) is 0 Å². The van der Waals surface area contributed by atoms with Gasteiger partial charge in [0.25, 0.3) is 0 Å². The molecule has 0 amide bonds. The summed E-state index contributed by atoms with van der Waals surface area (Å²) in [5.74, 6) is 1.10. The number of benzene rings is 1. The lowest BCUT2D eigenvalue weighted by Crippen LogP contribution is -2.27. The number of carbonyl (C=O) groups excluding carboxylic acids is 1. The number of H-pyrrole nitrogens is 1. The molecule has 1 aromatic carbocycles. The quantitative estimate of drug-likeness (QED) is 0.251. The van der Waals surface area contributed by atoms with Crippen molar-refractivity contribution < 1.29 is 4.79 Å². The molecule has 0 unspecified atom stereocenters. The molecule has 0 aliphatic carbocycles. The third kappa shape index (κ3) is 5.22. The fourth-order valence-corrected chi connectivity index (χ4v) is 4.92. The first-order valence-corrected chi connectivity index (χ1v) is 13.3. The summed E-state index contributed by atoms with van der Waals surface area (Å²) in [7, 11) is 0. The monoisotopic (exact) mass is 524 g/mol. The summed E-state index contributed by atoms with van der Waals surface area (Å²) in [4.78, 5) is 30.8. The molecule has 1 N–H and O–H groups in total. The van der Waals surface area contributed by atoms with Gasteiger partial charge in [0.05, 0.1) is 12.1 Å². The number of nitrogens with zero attached hydrogens (tertiary/aromatic N) is 7. The van der Waals surface area contributed by atoms with E-state index < -0.39 is 0 Å². The van der Waals surface area contributed by atoms with Gasteiger partial charge in [0.15, 0.2) is 5.78 Å². The zero-order valence-corrected chi connectivity index (χ0v) is 22.5. The molecule has 0 atom stereocenters. The molecule has 0 saturated heterocycles. The lowest BCUT2D eigenvalue weighted by Gasteiger charge is -2.12. The summed E-state index contributed by atoms with van der Waals surface area (Å²) in [6.07, 6.45) is 11.0. The number of pyridine rings is 1. The van der Waals surface area contributed by atoms with E-state index in [9.17, 15) is 9.59 Å². The van der Waals surface area contributed by atoms with Crippen LogP contribution in [0.25, 0.3) is 28.3 Å². The number of ketones is 1. The second-order valence-electron chi connectivity index (χ2n) is 9.61. The minimum Gasteiger partial charge on any atom is -0.333 e. The average Bonchev–Trinajstić information content (AvgIpc) is 3.69. The highest BCUT2D eigenvalue weighted by molar-refractivity contribution is 5.97. The molecule has 0 aliphatic heterocycles. The number of nitrogens with one attached hydrogen (secondary N) is 1. The van der Waals surface area contributed by atoms with Gasteiger partial charge in [-0.05, 0) is 60.2 Å². The first kappa shape index (κ1) is 26.0. The molecule has 4 aromatic heterocycles. The second kappa shape index (κ2) is 11.4. The van der Waals surface area contributed by atoms with E-state index in [-0.39, 0.29) is 11.5 Å². The number of rotatable bonds is 11. The maximum atomic E-state index is 14.0. The van der Waals surface area contributed by atoms with Gasteiger partial charge in [-0.15, -0.1) is 10.2 Å². The molecule has 10 heteroatoms. The Kier molecular flexibility index (Phi) is 7.62. The third-order valence-electron chi connectivity index (χ3n) is 6.89. The second-order valence-corrected chi connectivity index (χ2v) is 9.61. The lowest BCUT2D eigenvalue weighted by atomic mass is 10.00. The van der Waals surface area contributed by atoms with E-state index in [1.54, 1.807) is 23.8 Å². The first-order valence-electron chi connectivity index (χ1n) is 13.3. The molecule has 0 spiro atoms. The summed E-state index contributed by atoms with van der Waals surface area (Å²) in [6, 6.07) is 11.7. The van der Waals surface area contributed by atoms with E-state index >= 15 is 0 Å². The topological polar surface area (TPSA) is 116 Å². The van der Waals surface area contributed by atoms with Crippen LogP contribution in [-0.2, 0) is 19.5 Å². The molecular formula is C29H32N8O2. The summed E-state index contributed by atoms with van der Waals surface area (Å²) in [5, 5.41) is 14.2. The standard InChI is InChI=1S/C29H32N8O2/c1-4-6-7-24-19-37(28-25(20(3)38)13-16-35(28)15-5-2)29(39)36(24)18-23-17-30-14-12-26(23)21-8-10-22(11-9-21)27-31-33-34-32-27/h8-14,16-17,19H,4-7,15,18H2,1-3H3,(H,31,32,33,34). The van der Waals surface area contributed by atoms with E-state index in [0.29, 0.717) is 23.8 Å². The van der Waals surface area contributed by atoms with Gasteiger partial charge in [0, 0.05) is 42.6 Å². The van der Waals surface area contributed by atoms with E-state index in [4.69, 9.17) is 0 Å². The Morgan fingerprint density at radius 3 is 2.51 bits per heavy atom. The van der Waals surface area contributed by atoms with Crippen molar-refractivity contribution in [3.05, 3.63) is 88.5 Å². The van der Waals surface area contributed by atoms with Gasteiger partial charge >= 0.3 is 5.69 Å². The van der Waals surface area contributed by atoms with Crippen LogP contribution in [0.1, 0.15) is 61.6 Å². The highest BCUT2D eigenvalue weighted by atomic mass is 16.2. The van der Waals surface area contributed by atoms with Gasteiger partial charge in [0.2, 0.25) is 5.82 Å². The predicted octanol–water partition coefficient (Wildman–Crippen LogP) is 4.69. The predicted molar refractivity (Wildman–Crippen MR) is 149 cm³/mol. The molecule has 5 aromatic rings. The van der Waals surface area contributed by atoms with Crippen molar-refractivity contribution in [3.8, 4) is 28.3 Å². The normalized spacial score (nSPS) is 11.3. The van der Waals surface area contributed by atoms with Crippen molar-refractivity contribution in [1.29, 1.82) is 0 Å². The first-order chi connectivity index (χ1) is 19.0. The van der Waals surface area contributed by atoms with Gasteiger partial charge in [-0.3, -0.25) is 18.9 Å². The van der Waals surface area contributed by atoms with Crippen molar-refractivity contribution in [1.82, 2.24) is 39.3 Å². The summed E-state index contributed by atoms with van der Waals surface area (Å²) < 4.78 is 5.46. The lowest BCUT2D eigenvalue weighted by molar-refractivity contribution is 0.101. The van der Waals surface area contributed by atoms with Crippen LogP contribution in [0.5, 0.6) is 0 Å². The van der Waals surface area contributed by atoms with Crippen LogP contribution >= 0.6 is 0 Å². The molecule has 200 valence electrons. The molecule has 4 heterocycles. The Hall–Kier alpha value is -4.60. The van der Waals surface area contributed by atoms with Crippen molar-refractivity contribution in [2.75, 3.05) is 0 Å². The molecule has 10 nitrogen and oxygen atoms in total. The number of aryl methyl sites for hydroxylation is 2. The Balaban J connectivity index is 1.57. The summed E-state index contributed by atoms with van der Waals surface area (Å²) in [5.41, 5.74) is 5.09. The van der Waals surface area contributed by atoms with Gasteiger partial charge in [-0.25, -0.2) is 4.79 Å². The van der Waals surface area contributed by atoms with E-state index in [0.717, 1.165) is 60.2 Å². The van der Waals surface area contributed by atoms with Crippen LogP contribution in [0.2, 0.25) is 0 Å². The number of aromatic amines is 1. The number of aromatic nitrogens is 8. The Morgan fingerprint density at radius 1 is 1.03 bits per heavy atom. The number of tetrazole rings is 1. The zero-order chi connectivity index (χ0) is 27.4. The van der Waals surface area contributed by atoms with Crippen molar-refractivity contribution in [2.24, 2.45) is 0 Å². The molecule has 5 rings (SSSR count). The van der Waals surface area contributed by atoms with Crippen molar-refractivity contribution in [3.63, 3.8) is 0 Å². The average molecular weight is 525 g/mol. The number of Topliss-reactive ketones (excluding diaryl/α,β-unsaturated/α-hetero) is 1. The third-order valence-corrected chi connectivity index (χ3v) is 6.89. The van der Waals surface area contributed by atoms with Crippen molar-refractivity contribution in [2.45, 2.75) is 59.5 Å². The Bertz CT molecular complexity index is 1620. The van der Waals surface area contributed by atoms with Gasteiger partial charge < -0.3 is 4.57 Å². The van der Waals surface area contributed by atoms with Crippen LogP contribution in [0.3, 0.4) is 0 Å². The molecular weight excluding hydrogens is 492 g/mol. The number of imidazole rings is 1. The van der Waals surface area contributed by atoms with E-state index in [1.807, 2.05) is 58.1 Å². The maximum Gasteiger partial charge on any atom is 0.334 e. The smallest absolute Gasteiger partial charge is 0.333 e. The molecule has 39 heavy (non-hydrogen) atoms. The molecule has 0 saturated carbocycles. The van der Waals surface area contributed by atoms with Crippen LogP contribution in [0, 0.1) is 0 Å². The number of hydrogen-bond donors (Lipinski definition) is 1. The summed E-state index contributed by atoms with van der Waals surface area (Å²) in [6.45, 7) is 6.84. The fraction of sp³-hybridized carbons (Fsp3) is 0.310. The largest absolute Gasteiger partial charge is 0.334 e. The number of unbranched alkanes of at least 4 members (excludes halogenated alkanes) is 1. The fourth-order valence-electron chi connectivity index (χ4n) is 4.92. The van der Waals surface area contributed by atoms with Crippen LogP contribution in [-0.4, -0.2) is 45.1 Å².